The molecule has 0 saturated carbocycles. The van der Waals surface area contributed by atoms with Gasteiger partial charge in [-0.25, -0.2) is 18.2 Å². The summed E-state index contributed by atoms with van der Waals surface area (Å²) in [4.78, 5) is 27.5. The molecule has 180 valence electrons. The zero-order valence-electron chi connectivity index (χ0n) is 18.3. The Kier molecular flexibility index (Phi) is 6.50. The van der Waals surface area contributed by atoms with Gasteiger partial charge < -0.3 is 19.8 Å². The maximum atomic E-state index is 13.0. The van der Waals surface area contributed by atoms with Gasteiger partial charge in [-0.1, -0.05) is 0 Å². The quantitative estimate of drug-likeness (QED) is 0.226. The van der Waals surface area contributed by atoms with Gasteiger partial charge in [-0.2, -0.15) is 4.31 Å². The third-order valence-corrected chi connectivity index (χ3v) is 7.42. The molecule has 34 heavy (non-hydrogen) atoms. The molecule has 0 aliphatic carbocycles. The molecule has 4 rings (SSSR count). The molecular formula is C21H23N5O7S. The first-order valence-corrected chi connectivity index (χ1v) is 11.9. The van der Waals surface area contributed by atoms with Crippen LogP contribution in [0.3, 0.4) is 0 Å². The van der Waals surface area contributed by atoms with Crippen molar-refractivity contribution in [3.05, 3.63) is 57.9 Å². The number of sulfonamides is 1. The molecule has 1 aromatic heterocycles. The summed E-state index contributed by atoms with van der Waals surface area (Å²) < 4.78 is 39.7. The standard InChI is InChI=1S/C21H23N5O7S/c1-2-25-19-6-4-15(34(30,31)24-7-9-32-10-8-24)12-18(19)23-20(25)13-33-21(27)16-11-14(26(28)29)3-5-17(16)22/h3-6,11-12H,2,7-10,13,22H2,1H3. The Labute approximate surface area is 195 Å². The Morgan fingerprint density at radius 2 is 1.97 bits per heavy atom. The van der Waals surface area contributed by atoms with Crippen molar-refractivity contribution in [2.75, 3.05) is 32.0 Å². The summed E-state index contributed by atoms with van der Waals surface area (Å²) in [5.74, 6) is -0.428. The highest BCUT2D eigenvalue weighted by Crippen LogP contribution is 2.25. The van der Waals surface area contributed by atoms with E-state index >= 15 is 0 Å². The molecule has 0 spiro atoms. The Bertz CT molecular complexity index is 1360. The number of fused-ring (bicyclic) bond motifs is 1. The van der Waals surface area contributed by atoms with E-state index in [9.17, 15) is 23.3 Å². The van der Waals surface area contributed by atoms with Crippen LogP contribution < -0.4 is 5.73 Å². The highest BCUT2D eigenvalue weighted by molar-refractivity contribution is 7.89. The third kappa shape index (κ3) is 4.44. The first-order chi connectivity index (χ1) is 16.2. The van der Waals surface area contributed by atoms with Gasteiger partial charge in [-0.3, -0.25) is 10.1 Å². The minimum absolute atomic E-state index is 0.0533. The van der Waals surface area contributed by atoms with Crippen LogP contribution in [-0.4, -0.2) is 59.5 Å². The molecule has 13 heteroatoms. The molecular weight excluding hydrogens is 466 g/mol. The summed E-state index contributed by atoms with van der Waals surface area (Å²) in [6, 6.07) is 8.22. The summed E-state index contributed by atoms with van der Waals surface area (Å²) in [7, 11) is -3.69. The number of carbonyl (C=O) groups excluding carboxylic acids is 1. The molecule has 1 aliphatic heterocycles. The largest absolute Gasteiger partial charge is 0.454 e. The van der Waals surface area contributed by atoms with Crippen LogP contribution in [0.4, 0.5) is 11.4 Å². The fourth-order valence-corrected chi connectivity index (χ4v) is 5.19. The van der Waals surface area contributed by atoms with Crippen molar-refractivity contribution >= 4 is 38.4 Å². The van der Waals surface area contributed by atoms with Crippen LogP contribution in [0, 0.1) is 10.1 Å². The van der Waals surface area contributed by atoms with E-state index in [2.05, 4.69) is 4.98 Å². The number of nitrogens with two attached hydrogens (primary N) is 1. The number of aromatic nitrogens is 2. The summed E-state index contributed by atoms with van der Waals surface area (Å²) in [6.45, 7) is 3.40. The number of carbonyl (C=O) groups is 1. The molecule has 3 aromatic rings. The lowest BCUT2D eigenvalue weighted by atomic mass is 10.1. The average molecular weight is 490 g/mol. The van der Waals surface area contributed by atoms with Crippen molar-refractivity contribution in [3.63, 3.8) is 0 Å². The first-order valence-electron chi connectivity index (χ1n) is 10.5. The summed E-state index contributed by atoms with van der Waals surface area (Å²) in [6.07, 6.45) is 0. The van der Waals surface area contributed by atoms with E-state index in [0.717, 1.165) is 6.07 Å². The number of ether oxygens (including phenoxy) is 2. The number of nitro benzene ring substituents is 1. The second-order valence-electron chi connectivity index (χ2n) is 7.54. The van der Waals surface area contributed by atoms with Gasteiger partial charge >= 0.3 is 5.97 Å². The molecule has 2 N–H and O–H groups in total. The lowest BCUT2D eigenvalue weighted by Gasteiger charge is -2.26. The number of nitrogens with zero attached hydrogens (tertiary/aromatic N) is 4. The van der Waals surface area contributed by atoms with Gasteiger partial charge in [-0.15, -0.1) is 0 Å². The van der Waals surface area contributed by atoms with E-state index in [4.69, 9.17) is 15.2 Å². The average Bonchev–Trinajstić information content (AvgIpc) is 3.19. The second kappa shape index (κ2) is 9.37. The van der Waals surface area contributed by atoms with Gasteiger partial charge in [0, 0.05) is 37.5 Å². The lowest BCUT2D eigenvalue weighted by molar-refractivity contribution is -0.384. The number of nitrogen functional groups attached to an aromatic ring is 1. The number of anilines is 1. The second-order valence-corrected chi connectivity index (χ2v) is 9.48. The third-order valence-electron chi connectivity index (χ3n) is 5.52. The van der Waals surface area contributed by atoms with Crippen molar-refractivity contribution in [3.8, 4) is 0 Å². The molecule has 0 atom stereocenters. The Morgan fingerprint density at radius 1 is 1.24 bits per heavy atom. The van der Waals surface area contributed by atoms with Crippen LogP contribution in [0.25, 0.3) is 11.0 Å². The number of rotatable bonds is 7. The maximum Gasteiger partial charge on any atom is 0.340 e. The smallest absolute Gasteiger partial charge is 0.340 e. The molecule has 0 unspecified atom stereocenters. The zero-order valence-corrected chi connectivity index (χ0v) is 19.2. The van der Waals surface area contributed by atoms with Crippen LogP contribution in [0.2, 0.25) is 0 Å². The number of benzene rings is 2. The summed E-state index contributed by atoms with van der Waals surface area (Å²) in [5.41, 5.74) is 6.56. The van der Waals surface area contributed by atoms with Gasteiger partial charge in [0.05, 0.1) is 39.6 Å². The number of hydrogen-bond donors (Lipinski definition) is 1. The Balaban J connectivity index is 1.59. The van der Waals surface area contributed by atoms with Crippen molar-refractivity contribution in [1.82, 2.24) is 13.9 Å². The van der Waals surface area contributed by atoms with Crippen LogP contribution in [-0.2, 0) is 32.6 Å². The van der Waals surface area contributed by atoms with E-state index in [0.29, 0.717) is 36.6 Å². The lowest BCUT2D eigenvalue weighted by Crippen LogP contribution is -2.40. The Morgan fingerprint density at radius 3 is 2.65 bits per heavy atom. The molecule has 1 aliphatic rings. The van der Waals surface area contributed by atoms with Crippen molar-refractivity contribution in [2.45, 2.75) is 25.0 Å². The van der Waals surface area contributed by atoms with E-state index in [-0.39, 0.29) is 41.5 Å². The van der Waals surface area contributed by atoms with Gasteiger partial charge in [0.2, 0.25) is 10.0 Å². The first kappa shape index (κ1) is 23.6. The number of nitro groups is 1. The fraction of sp³-hybridized carbons (Fsp3) is 0.333. The monoisotopic (exact) mass is 489 g/mol. The fourth-order valence-electron chi connectivity index (χ4n) is 3.76. The predicted octanol–water partition coefficient (Wildman–Crippen LogP) is 1.92. The van der Waals surface area contributed by atoms with Crippen molar-refractivity contribution < 1.29 is 27.6 Å². The number of aryl methyl sites for hydroxylation is 1. The Hall–Kier alpha value is -3.55. The van der Waals surface area contributed by atoms with Crippen molar-refractivity contribution in [1.29, 1.82) is 0 Å². The minimum atomic E-state index is -3.69. The van der Waals surface area contributed by atoms with E-state index in [1.165, 1.54) is 28.6 Å². The molecule has 0 bridgehead atoms. The highest BCUT2D eigenvalue weighted by atomic mass is 32.2. The maximum absolute atomic E-state index is 13.0. The molecule has 2 heterocycles. The SMILES string of the molecule is CCn1c(COC(=O)c2cc([N+](=O)[O-])ccc2N)nc2cc(S(=O)(=O)N3CCOCC3)ccc21. The van der Waals surface area contributed by atoms with Gasteiger partial charge in [0.1, 0.15) is 12.4 Å². The normalized spacial score (nSPS) is 14.9. The van der Waals surface area contributed by atoms with E-state index in [1.54, 1.807) is 10.6 Å². The molecule has 2 aromatic carbocycles. The number of hydrogen-bond acceptors (Lipinski definition) is 9. The summed E-state index contributed by atoms with van der Waals surface area (Å²) >= 11 is 0. The number of non-ortho nitro benzene ring substituents is 1. The highest BCUT2D eigenvalue weighted by Gasteiger charge is 2.27. The van der Waals surface area contributed by atoms with Crippen LogP contribution in [0.15, 0.2) is 41.3 Å². The molecule has 12 nitrogen and oxygen atoms in total. The zero-order chi connectivity index (χ0) is 24.5. The van der Waals surface area contributed by atoms with Gasteiger partial charge in [-0.05, 0) is 31.2 Å². The molecule has 1 fully saturated rings. The van der Waals surface area contributed by atoms with Crippen LogP contribution >= 0.6 is 0 Å². The minimum Gasteiger partial charge on any atom is -0.454 e. The topological polar surface area (TPSA) is 160 Å². The molecule has 1 saturated heterocycles. The van der Waals surface area contributed by atoms with Crippen LogP contribution in [0.1, 0.15) is 23.1 Å². The van der Waals surface area contributed by atoms with Gasteiger partial charge in [0.15, 0.2) is 0 Å². The molecule has 0 radical (unpaired) electrons. The van der Waals surface area contributed by atoms with Crippen LogP contribution in [0.5, 0.6) is 0 Å². The summed E-state index contributed by atoms with van der Waals surface area (Å²) in [5, 5.41) is 11.0. The number of esters is 1. The van der Waals surface area contributed by atoms with Gasteiger partial charge in [0.25, 0.3) is 5.69 Å². The van der Waals surface area contributed by atoms with E-state index < -0.39 is 20.9 Å². The number of morpholine rings is 1. The number of imidazole rings is 1. The van der Waals surface area contributed by atoms with E-state index in [1.807, 2.05) is 6.92 Å². The predicted molar refractivity (Wildman–Crippen MR) is 122 cm³/mol. The van der Waals surface area contributed by atoms with Crippen molar-refractivity contribution in [2.24, 2.45) is 0 Å². The molecule has 0 amide bonds.